The van der Waals surface area contributed by atoms with Crippen LogP contribution in [0, 0.1) is 13.8 Å². The Bertz CT molecular complexity index is 454. The van der Waals surface area contributed by atoms with E-state index < -0.39 is 0 Å². The lowest BCUT2D eigenvalue weighted by molar-refractivity contribution is 0.838. The Hall–Kier alpha value is -1.28. The van der Waals surface area contributed by atoms with Crippen LogP contribution in [0.4, 0.5) is 0 Å². The van der Waals surface area contributed by atoms with Gasteiger partial charge in [-0.3, -0.25) is 0 Å². The Morgan fingerprint density at radius 2 is 1.87 bits per heavy atom. The van der Waals surface area contributed by atoms with Crippen LogP contribution >= 0.6 is 11.6 Å². The first-order valence-electron chi connectivity index (χ1n) is 4.88. The highest BCUT2D eigenvalue weighted by atomic mass is 35.5. The van der Waals surface area contributed by atoms with E-state index in [1.165, 1.54) is 11.1 Å². The average Bonchev–Trinajstić information content (AvgIpc) is 2.63. The van der Waals surface area contributed by atoms with Gasteiger partial charge in [0, 0.05) is 6.20 Å². The van der Waals surface area contributed by atoms with Crippen LogP contribution in [0.3, 0.4) is 0 Å². The molecule has 0 spiro atoms. The van der Waals surface area contributed by atoms with E-state index in [2.05, 4.69) is 37.1 Å². The van der Waals surface area contributed by atoms with Gasteiger partial charge in [0.1, 0.15) is 0 Å². The van der Waals surface area contributed by atoms with Gasteiger partial charge in [-0.15, -0.1) is 11.6 Å². The van der Waals surface area contributed by atoms with Gasteiger partial charge in [0.25, 0.3) is 0 Å². The third-order valence-corrected chi connectivity index (χ3v) is 2.58. The predicted octanol–water partition coefficient (Wildman–Crippen LogP) is 3.23. The lowest BCUT2D eigenvalue weighted by atomic mass is 10.1. The molecule has 0 aliphatic heterocycles. The summed E-state index contributed by atoms with van der Waals surface area (Å²) in [5.74, 6) is 0.479. The molecule has 3 heteroatoms. The minimum absolute atomic E-state index is 0.479. The summed E-state index contributed by atoms with van der Waals surface area (Å²) in [6.45, 7) is 4.17. The summed E-state index contributed by atoms with van der Waals surface area (Å²) in [6, 6.07) is 8.30. The van der Waals surface area contributed by atoms with Crippen molar-refractivity contribution < 1.29 is 0 Å². The Balaban J connectivity index is 2.53. The molecule has 0 fully saturated rings. The van der Waals surface area contributed by atoms with Crippen molar-refractivity contribution in [1.29, 1.82) is 0 Å². The zero-order chi connectivity index (χ0) is 10.8. The van der Waals surface area contributed by atoms with Gasteiger partial charge in [-0.2, -0.15) is 5.10 Å². The van der Waals surface area contributed by atoms with E-state index in [0.29, 0.717) is 5.88 Å². The van der Waals surface area contributed by atoms with Crippen LogP contribution < -0.4 is 0 Å². The number of aromatic nitrogens is 2. The summed E-state index contributed by atoms with van der Waals surface area (Å²) < 4.78 is 1.88. The van der Waals surface area contributed by atoms with Crippen molar-refractivity contribution in [2.24, 2.45) is 0 Å². The molecule has 1 aromatic heterocycles. The zero-order valence-corrected chi connectivity index (χ0v) is 9.62. The Labute approximate surface area is 94.5 Å². The second-order valence-corrected chi connectivity index (χ2v) is 3.98. The van der Waals surface area contributed by atoms with E-state index in [1.54, 1.807) is 6.20 Å². The summed E-state index contributed by atoms with van der Waals surface area (Å²) in [7, 11) is 0. The van der Waals surface area contributed by atoms with Gasteiger partial charge in [-0.25, -0.2) is 4.68 Å². The maximum atomic E-state index is 5.84. The first-order valence-corrected chi connectivity index (χ1v) is 5.41. The molecule has 0 saturated carbocycles. The van der Waals surface area contributed by atoms with Crippen molar-refractivity contribution in [3.63, 3.8) is 0 Å². The van der Waals surface area contributed by atoms with Crippen molar-refractivity contribution >= 4 is 11.6 Å². The highest BCUT2D eigenvalue weighted by molar-refractivity contribution is 6.16. The normalized spacial score (nSPS) is 10.6. The van der Waals surface area contributed by atoms with Crippen LogP contribution in [0.5, 0.6) is 0 Å². The summed E-state index contributed by atoms with van der Waals surface area (Å²) in [5, 5.41) is 4.27. The molecule has 2 aromatic rings. The van der Waals surface area contributed by atoms with Gasteiger partial charge in [0.05, 0.1) is 17.3 Å². The van der Waals surface area contributed by atoms with E-state index in [4.69, 9.17) is 11.6 Å². The molecular formula is C12H13ClN2. The predicted molar refractivity (Wildman–Crippen MR) is 62.6 cm³/mol. The first kappa shape index (κ1) is 10.2. The molecule has 2 rings (SSSR count). The molecule has 0 aliphatic carbocycles. The SMILES string of the molecule is Cc1cc(C)cc(-n2nccc2CCl)c1. The second-order valence-electron chi connectivity index (χ2n) is 3.71. The second kappa shape index (κ2) is 4.07. The zero-order valence-electron chi connectivity index (χ0n) is 8.87. The molecule has 0 saturated heterocycles. The highest BCUT2D eigenvalue weighted by Crippen LogP contribution is 2.15. The van der Waals surface area contributed by atoms with E-state index in [0.717, 1.165) is 11.4 Å². The molecule has 0 N–H and O–H groups in total. The van der Waals surface area contributed by atoms with Crippen molar-refractivity contribution in [2.45, 2.75) is 19.7 Å². The van der Waals surface area contributed by atoms with E-state index in [-0.39, 0.29) is 0 Å². The molecule has 0 aliphatic rings. The molecular weight excluding hydrogens is 208 g/mol. The standard InChI is InChI=1S/C12H13ClN2/c1-9-5-10(2)7-12(6-9)15-11(8-13)3-4-14-15/h3-7H,8H2,1-2H3. The van der Waals surface area contributed by atoms with E-state index >= 15 is 0 Å². The minimum Gasteiger partial charge on any atom is -0.237 e. The maximum absolute atomic E-state index is 5.84. The quantitative estimate of drug-likeness (QED) is 0.711. The van der Waals surface area contributed by atoms with Crippen LogP contribution in [0.1, 0.15) is 16.8 Å². The molecule has 2 nitrogen and oxygen atoms in total. The maximum Gasteiger partial charge on any atom is 0.0654 e. The lowest BCUT2D eigenvalue weighted by Gasteiger charge is -2.07. The van der Waals surface area contributed by atoms with E-state index in [1.807, 2.05) is 10.7 Å². The van der Waals surface area contributed by atoms with Gasteiger partial charge >= 0.3 is 0 Å². The van der Waals surface area contributed by atoms with Crippen molar-refractivity contribution in [2.75, 3.05) is 0 Å². The first-order chi connectivity index (χ1) is 7.20. The minimum atomic E-state index is 0.479. The third-order valence-electron chi connectivity index (χ3n) is 2.31. The van der Waals surface area contributed by atoms with Crippen LogP contribution in [0.15, 0.2) is 30.5 Å². The van der Waals surface area contributed by atoms with Crippen LogP contribution in [0.25, 0.3) is 5.69 Å². The van der Waals surface area contributed by atoms with Crippen LogP contribution in [-0.4, -0.2) is 9.78 Å². The summed E-state index contributed by atoms with van der Waals surface area (Å²) in [5.41, 5.74) is 4.57. The Morgan fingerprint density at radius 1 is 1.20 bits per heavy atom. The summed E-state index contributed by atoms with van der Waals surface area (Å²) >= 11 is 5.84. The van der Waals surface area contributed by atoms with Crippen molar-refractivity contribution in [3.8, 4) is 5.69 Å². The van der Waals surface area contributed by atoms with Gasteiger partial charge in [0.15, 0.2) is 0 Å². The van der Waals surface area contributed by atoms with Gasteiger partial charge < -0.3 is 0 Å². The van der Waals surface area contributed by atoms with Gasteiger partial charge in [-0.1, -0.05) is 6.07 Å². The van der Waals surface area contributed by atoms with Crippen LogP contribution in [0.2, 0.25) is 0 Å². The number of rotatable bonds is 2. The fraction of sp³-hybridized carbons (Fsp3) is 0.250. The number of hydrogen-bond donors (Lipinski definition) is 0. The number of hydrogen-bond acceptors (Lipinski definition) is 1. The third kappa shape index (κ3) is 2.05. The molecule has 0 amide bonds. The highest BCUT2D eigenvalue weighted by Gasteiger charge is 2.04. The molecule has 0 atom stereocenters. The fourth-order valence-electron chi connectivity index (χ4n) is 1.74. The number of aryl methyl sites for hydroxylation is 2. The molecule has 15 heavy (non-hydrogen) atoms. The molecule has 0 bridgehead atoms. The fourth-order valence-corrected chi connectivity index (χ4v) is 1.94. The molecule has 0 unspecified atom stereocenters. The molecule has 1 aromatic carbocycles. The topological polar surface area (TPSA) is 17.8 Å². The number of halogens is 1. The van der Waals surface area contributed by atoms with E-state index in [9.17, 15) is 0 Å². The average molecular weight is 221 g/mol. The number of benzene rings is 1. The number of nitrogens with zero attached hydrogens (tertiary/aromatic N) is 2. The molecule has 0 radical (unpaired) electrons. The Morgan fingerprint density at radius 3 is 2.47 bits per heavy atom. The monoisotopic (exact) mass is 220 g/mol. The van der Waals surface area contributed by atoms with Crippen molar-refractivity contribution in [3.05, 3.63) is 47.3 Å². The summed E-state index contributed by atoms with van der Waals surface area (Å²) in [6.07, 6.45) is 1.77. The van der Waals surface area contributed by atoms with Crippen molar-refractivity contribution in [1.82, 2.24) is 9.78 Å². The Kier molecular flexibility index (Phi) is 2.78. The summed E-state index contributed by atoms with van der Waals surface area (Å²) in [4.78, 5) is 0. The van der Waals surface area contributed by atoms with Crippen LogP contribution in [-0.2, 0) is 5.88 Å². The molecule has 78 valence electrons. The smallest absolute Gasteiger partial charge is 0.0654 e. The lowest BCUT2D eigenvalue weighted by Crippen LogP contribution is -2.01. The molecule has 1 heterocycles. The largest absolute Gasteiger partial charge is 0.237 e. The van der Waals surface area contributed by atoms with Gasteiger partial charge in [-0.05, 0) is 43.2 Å². The number of alkyl halides is 1. The van der Waals surface area contributed by atoms with Gasteiger partial charge in [0.2, 0.25) is 0 Å².